The molecule has 5 heteroatoms. The smallest absolute Gasteiger partial charge is 0.0871 e. The van der Waals surface area contributed by atoms with Crippen LogP contribution in [0.2, 0.25) is 0 Å². The predicted molar refractivity (Wildman–Crippen MR) is 77.1 cm³/mol. The van der Waals surface area contributed by atoms with Crippen molar-refractivity contribution in [3.05, 3.63) is 11.4 Å². The van der Waals surface area contributed by atoms with Crippen LogP contribution in [0, 0.1) is 5.92 Å². The number of methoxy groups -OCH3 is 1. The summed E-state index contributed by atoms with van der Waals surface area (Å²) in [6, 6.07) is 0.270. The Morgan fingerprint density at radius 3 is 2.58 bits per heavy atom. The number of nitrogens with two attached hydrogens (primary N) is 1. The van der Waals surface area contributed by atoms with E-state index in [9.17, 15) is 0 Å². The molecule has 1 rings (SSSR count). The number of aromatic nitrogens is 3. The molecule has 110 valence electrons. The first kappa shape index (κ1) is 16.1. The van der Waals surface area contributed by atoms with Crippen molar-refractivity contribution in [2.24, 2.45) is 11.7 Å². The van der Waals surface area contributed by atoms with Crippen molar-refractivity contribution in [1.29, 1.82) is 0 Å². The summed E-state index contributed by atoms with van der Waals surface area (Å²) in [7, 11) is 1.73. The average Bonchev–Trinajstić information content (AvgIpc) is 2.77. The third kappa shape index (κ3) is 4.58. The van der Waals surface area contributed by atoms with E-state index in [1.807, 2.05) is 0 Å². The fourth-order valence-corrected chi connectivity index (χ4v) is 2.21. The van der Waals surface area contributed by atoms with Crippen LogP contribution in [-0.2, 0) is 17.6 Å². The van der Waals surface area contributed by atoms with Gasteiger partial charge in [-0.2, -0.15) is 0 Å². The van der Waals surface area contributed by atoms with Gasteiger partial charge in [-0.3, -0.25) is 0 Å². The maximum atomic E-state index is 5.66. The maximum absolute atomic E-state index is 5.66. The summed E-state index contributed by atoms with van der Waals surface area (Å²) in [5.41, 5.74) is 7.95. The monoisotopic (exact) mass is 268 g/mol. The van der Waals surface area contributed by atoms with Crippen molar-refractivity contribution >= 4 is 0 Å². The Hall–Kier alpha value is -0.940. The first-order valence-corrected chi connectivity index (χ1v) is 7.25. The molecule has 1 atom stereocenters. The summed E-state index contributed by atoms with van der Waals surface area (Å²) in [6.45, 7) is 7.93. The predicted octanol–water partition coefficient (Wildman–Crippen LogP) is 1.97. The Kier molecular flexibility index (Phi) is 7.02. The van der Waals surface area contributed by atoms with E-state index in [2.05, 4.69) is 35.8 Å². The van der Waals surface area contributed by atoms with E-state index in [-0.39, 0.29) is 6.04 Å². The molecule has 1 aromatic heterocycles. The average molecular weight is 268 g/mol. The highest BCUT2D eigenvalue weighted by molar-refractivity contribution is 5.12. The normalized spacial score (nSPS) is 13.2. The Morgan fingerprint density at radius 1 is 1.32 bits per heavy atom. The van der Waals surface area contributed by atoms with Gasteiger partial charge in [-0.1, -0.05) is 26.0 Å². The fourth-order valence-electron chi connectivity index (χ4n) is 2.21. The number of nitrogens with zero attached hydrogens (tertiary/aromatic N) is 3. The highest BCUT2D eigenvalue weighted by Gasteiger charge is 2.18. The molecule has 5 nitrogen and oxygen atoms in total. The summed E-state index contributed by atoms with van der Waals surface area (Å²) in [5.74, 6) is 0.677. The lowest BCUT2D eigenvalue weighted by Gasteiger charge is -2.17. The van der Waals surface area contributed by atoms with Gasteiger partial charge in [0.1, 0.15) is 0 Å². The molecule has 0 saturated heterocycles. The molecule has 0 radical (unpaired) electrons. The lowest BCUT2D eigenvalue weighted by atomic mass is 10.0. The number of hydrogen-bond donors (Lipinski definition) is 1. The second-order valence-electron chi connectivity index (χ2n) is 5.42. The molecule has 19 heavy (non-hydrogen) atoms. The molecule has 0 fully saturated rings. The van der Waals surface area contributed by atoms with Crippen molar-refractivity contribution < 1.29 is 4.74 Å². The third-order valence-corrected chi connectivity index (χ3v) is 3.39. The minimum absolute atomic E-state index is 0.270. The van der Waals surface area contributed by atoms with E-state index in [4.69, 9.17) is 10.5 Å². The van der Waals surface area contributed by atoms with Crippen LogP contribution in [0.1, 0.15) is 51.0 Å². The SMILES string of the molecule is CCC(COC)n1nnc(CCN)c1CCC(C)C. The van der Waals surface area contributed by atoms with E-state index in [0.717, 1.165) is 31.4 Å². The molecule has 0 aromatic carbocycles. The van der Waals surface area contributed by atoms with Gasteiger partial charge in [0, 0.05) is 13.5 Å². The Morgan fingerprint density at radius 2 is 2.05 bits per heavy atom. The van der Waals surface area contributed by atoms with Crippen LogP contribution in [0.5, 0.6) is 0 Å². The minimum Gasteiger partial charge on any atom is -0.382 e. The van der Waals surface area contributed by atoms with Crippen LogP contribution in [0.3, 0.4) is 0 Å². The Labute approximate surface area is 116 Å². The van der Waals surface area contributed by atoms with Crippen LogP contribution < -0.4 is 5.73 Å². The second-order valence-corrected chi connectivity index (χ2v) is 5.42. The number of rotatable bonds is 9. The highest BCUT2D eigenvalue weighted by Crippen LogP contribution is 2.19. The van der Waals surface area contributed by atoms with Crippen molar-refractivity contribution in [1.82, 2.24) is 15.0 Å². The Balaban J connectivity index is 2.94. The van der Waals surface area contributed by atoms with Crippen molar-refractivity contribution in [3.8, 4) is 0 Å². The van der Waals surface area contributed by atoms with Crippen molar-refractivity contribution in [2.45, 2.75) is 52.5 Å². The lowest BCUT2D eigenvalue weighted by Crippen LogP contribution is -2.19. The summed E-state index contributed by atoms with van der Waals surface area (Å²) in [5, 5.41) is 8.65. The molecular formula is C14H28N4O. The molecule has 0 bridgehead atoms. The highest BCUT2D eigenvalue weighted by atomic mass is 16.5. The van der Waals surface area contributed by atoms with Gasteiger partial charge in [0.25, 0.3) is 0 Å². The molecule has 0 amide bonds. The van der Waals surface area contributed by atoms with Gasteiger partial charge in [0.2, 0.25) is 0 Å². The van der Waals surface area contributed by atoms with Crippen molar-refractivity contribution in [2.75, 3.05) is 20.3 Å². The zero-order chi connectivity index (χ0) is 14.3. The molecule has 1 heterocycles. The first-order valence-electron chi connectivity index (χ1n) is 7.25. The fraction of sp³-hybridized carbons (Fsp3) is 0.857. The lowest BCUT2D eigenvalue weighted by molar-refractivity contribution is 0.144. The van der Waals surface area contributed by atoms with Crippen LogP contribution in [0.4, 0.5) is 0 Å². The second kappa shape index (κ2) is 8.27. The summed E-state index contributed by atoms with van der Waals surface area (Å²) in [4.78, 5) is 0. The van der Waals surface area contributed by atoms with Gasteiger partial charge in [-0.05, 0) is 31.7 Å². The molecule has 0 aliphatic rings. The molecular weight excluding hydrogens is 240 g/mol. The summed E-state index contributed by atoms with van der Waals surface area (Å²) < 4.78 is 7.34. The largest absolute Gasteiger partial charge is 0.382 e. The Bertz CT molecular complexity index is 362. The summed E-state index contributed by atoms with van der Waals surface area (Å²) in [6.07, 6.45) is 3.96. The minimum atomic E-state index is 0.270. The molecule has 0 aliphatic heterocycles. The molecule has 0 aliphatic carbocycles. The molecule has 2 N–H and O–H groups in total. The molecule has 0 spiro atoms. The van der Waals surface area contributed by atoms with E-state index >= 15 is 0 Å². The van der Waals surface area contributed by atoms with E-state index in [0.29, 0.717) is 19.1 Å². The maximum Gasteiger partial charge on any atom is 0.0871 e. The third-order valence-electron chi connectivity index (χ3n) is 3.39. The zero-order valence-electron chi connectivity index (χ0n) is 12.7. The summed E-state index contributed by atoms with van der Waals surface area (Å²) >= 11 is 0. The first-order chi connectivity index (χ1) is 9.13. The van der Waals surface area contributed by atoms with Crippen molar-refractivity contribution in [3.63, 3.8) is 0 Å². The zero-order valence-corrected chi connectivity index (χ0v) is 12.7. The standard InChI is InChI=1S/C14H28N4O/c1-5-12(10-19-4)18-14(7-6-11(2)3)13(8-9-15)16-17-18/h11-12H,5-10,15H2,1-4H3. The van der Waals surface area contributed by atoms with Crippen LogP contribution in [-0.4, -0.2) is 35.3 Å². The molecule has 0 saturated carbocycles. The molecule has 1 aromatic rings. The van der Waals surface area contributed by atoms with Gasteiger partial charge in [0.15, 0.2) is 0 Å². The van der Waals surface area contributed by atoms with Gasteiger partial charge in [0.05, 0.1) is 24.0 Å². The van der Waals surface area contributed by atoms with Gasteiger partial charge >= 0.3 is 0 Å². The van der Waals surface area contributed by atoms with Gasteiger partial charge in [-0.25, -0.2) is 4.68 Å². The molecule has 1 unspecified atom stereocenters. The van der Waals surface area contributed by atoms with Crippen LogP contribution >= 0.6 is 0 Å². The van der Waals surface area contributed by atoms with E-state index in [1.54, 1.807) is 7.11 Å². The van der Waals surface area contributed by atoms with Gasteiger partial charge in [-0.15, -0.1) is 5.10 Å². The number of ether oxygens (including phenoxy) is 1. The van der Waals surface area contributed by atoms with Crippen LogP contribution in [0.25, 0.3) is 0 Å². The quantitative estimate of drug-likeness (QED) is 0.743. The van der Waals surface area contributed by atoms with E-state index in [1.165, 1.54) is 5.69 Å². The number of hydrogen-bond acceptors (Lipinski definition) is 4. The van der Waals surface area contributed by atoms with Gasteiger partial charge < -0.3 is 10.5 Å². The van der Waals surface area contributed by atoms with Crippen LogP contribution in [0.15, 0.2) is 0 Å². The van der Waals surface area contributed by atoms with E-state index < -0.39 is 0 Å². The topological polar surface area (TPSA) is 66.0 Å².